The minimum absolute atomic E-state index is 0.0861. The number of aromatic amines is 1. The molecule has 1 unspecified atom stereocenters. The topological polar surface area (TPSA) is 117 Å². The molecular weight excluding hydrogens is 388 g/mol. The zero-order valence-corrected chi connectivity index (χ0v) is 17.3. The number of hydrogen-bond acceptors (Lipinski definition) is 6. The largest absolute Gasteiger partial charge is 0.496 e. The molecule has 0 saturated heterocycles. The summed E-state index contributed by atoms with van der Waals surface area (Å²) in [6.07, 6.45) is 1.90. The fourth-order valence-electron chi connectivity index (χ4n) is 3.58. The Hall–Kier alpha value is -3.36. The van der Waals surface area contributed by atoms with Gasteiger partial charge in [0.05, 0.1) is 18.9 Å². The molecule has 9 nitrogen and oxygen atoms in total. The number of ether oxygens (including phenoxy) is 1. The maximum Gasteiger partial charge on any atom is 0.331 e. The van der Waals surface area contributed by atoms with Gasteiger partial charge in [0, 0.05) is 24.9 Å². The Kier molecular flexibility index (Phi) is 6.39. The van der Waals surface area contributed by atoms with E-state index in [0.29, 0.717) is 12.2 Å². The Balaban J connectivity index is 2.10. The first-order chi connectivity index (χ1) is 14.4. The molecule has 1 aliphatic rings. The molecule has 0 spiro atoms. The van der Waals surface area contributed by atoms with Gasteiger partial charge >= 0.3 is 5.69 Å². The SMILES string of the molecule is CCCCn1c(O)c(C2=NN(C(=O)CC)C(c3ccccc3OC)C2)c(=O)[nH]c1=O. The lowest BCUT2D eigenvalue weighted by Crippen LogP contribution is -2.33. The molecule has 2 N–H and O–H groups in total. The van der Waals surface area contributed by atoms with Crippen LogP contribution in [0.2, 0.25) is 0 Å². The predicted molar refractivity (Wildman–Crippen MR) is 112 cm³/mol. The molecule has 0 aliphatic carbocycles. The van der Waals surface area contributed by atoms with Gasteiger partial charge < -0.3 is 9.84 Å². The Morgan fingerprint density at radius 1 is 1.30 bits per heavy atom. The van der Waals surface area contributed by atoms with Crippen molar-refractivity contribution in [3.8, 4) is 11.6 Å². The van der Waals surface area contributed by atoms with Crippen molar-refractivity contribution >= 4 is 11.6 Å². The molecule has 0 saturated carbocycles. The van der Waals surface area contributed by atoms with Crippen molar-refractivity contribution in [3.63, 3.8) is 0 Å². The van der Waals surface area contributed by atoms with Crippen molar-refractivity contribution in [3.05, 3.63) is 56.2 Å². The number of carbonyl (C=O) groups is 1. The first kappa shape index (κ1) is 21.4. The van der Waals surface area contributed by atoms with E-state index in [0.717, 1.165) is 16.6 Å². The summed E-state index contributed by atoms with van der Waals surface area (Å²) < 4.78 is 6.57. The number of unbranched alkanes of at least 4 members (excludes halogenated alkanes) is 1. The summed E-state index contributed by atoms with van der Waals surface area (Å²) in [6.45, 7) is 3.96. The minimum atomic E-state index is -0.728. The molecule has 2 aromatic rings. The minimum Gasteiger partial charge on any atom is -0.496 e. The van der Waals surface area contributed by atoms with Crippen LogP contribution in [0.5, 0.6) is 11.6 Å². The number of rotatable bonds is 7. The summed E-state index contributed by atoms with van der Waals surface area (Å²) >= 11 is 0. The number of nitrogens with zero attached hydrogens (tertiary/aromatic N) is 3. The van der Waals surface area contributed by atoms with Gasteiger partial charge in [0.25, 0.3) is 5.56 Å². The summed E-state index contributed by atoms with van der Waals surface area (Å²) in [6, 6.07) is 6.80. The highest BCUT2D eigenvalue weighted by atomic mass is 16.5. The van der Waals surface area contributed by atoms with Gasteiger partial charge in [-0.05, 0) is 12.5 Å². The number of hydrogen-bond donors (Lipinski definition) is 2. The van der Waals surface area contributed by atoms with Gasteiger partial charge in [0.1, 0.15) is 11.3 Å². The monoisotopic (exact) mass is 414 g/mol. The number of hydrazone groups is 1. The number of methoxy groups -OCH3 is 1. The van der Waals surface area contributed by atoms with Gasteiger partial charge in [-0.3, -0.25) is 19.1 Å². The number of para-hydroxylation sites is 1. The average Bonchev–Trinajstić information content (AvgIpc) is 3.17. The van der Waals surface area contributed by atoms with Crippen molar-refractivity contribution in [1.29, 1.82) is 0 Å². The third-order valence-electron chi connectivity index (χ3n) is 5.16. The standard InChI is InChI=1S/C21H26N4O5/c1-4-6-11-24-20(28)18(19(27)22-21(24)29)14-12-15(25(23-14)17(26)5-2)13-9-7-8-10-16(13)30-3/h7-10,15,28H,4-6,11-12H2,1-3H3,(H,22,27,29). The van der Waals surface area contributed by atoms with Crippen LogP contribution in [0.15, 0.2) is 39.0 Å². The van der Waals surface area contributed by atoms with E-state index in [2.05, 4.69) is 10.1 Å². The predicted octanol–water partition coefficient (Wildman–Crippen LogP) is 2.14. The summed E-state index contributed by atoms with van der Waals surface area (Å²) in [5.74, 6) is -0.0597. The van der Waals surface area contributed by atoms with Crippen LogP contribution in [0.1, 0.15) is 56.7 Å². The molecule has 0 radical (unpaired) electrons. The Bertz CT molecular complexity index is 1090. The van der Waals surface area contributed by atoms with E-state index in [1.54, 1.807) is 20.1 Å². The molecular formula is C21H26N4O5. The molecule has 1 aromatic heterocycles. The number of aromatic hydroxyl groups is 1. The highest BCUT2D eigenvalue weighted by Crippen LogP contribution is 2.38. The Morgan fingerprint density at radius 3 is 2.70 bits per heavy atom. The molecule has 0 bridgehead atoms. The fourth-order valence-corrected chi connectivity index (χ4v) is 3.58. The molecule has 1 aliphatic heterocycles. The van der Waals surface area contributed by atoms with Crippen molar-refractivity contribution in [2.75, 3.05) is 7.11 Å². The first-order valence-electron chi connectivity index (χ1n) is 10.0. The number of aromatic nitrogens is 2. The van der Waals surface area contributed by atoms with E-state index in [4.69, 9.17) is 4.74 Å². The van der Waals surface area contributed by atoms with E-state index in [-0.39, 0.29) is 36.6 Å². The number of nitrogens with one attached hydrogen (secondary N) is 1. The van der Waals surface area contributed by atoms with Crippen molar-refractivity contribution in [2.45, 2.75) is 52.1 Å². The van der Waals surface area contributed by atoms with Gasteiger partial charge in [-0.15, -0.1) is 0 Å². The lowest BCUT2D eigenvalue weighted by molar-refractivity contribution is -0.132. The summed E-state index contributed by atoms with van der Waals surface area (Å²) in [5.41, 5.74) is -0.492. The number of carbonyl (C=O) groups excluding carboxylic acids is 1. The highest BCUT2D eigenvalue weighted by Gasteiger charge is 2.36. The van der Waals surface area contributed by atoms with E-state index < -0.39 is 23.2 Å². The summed E-state index contributed by atoms with van der Waals surface area (Å²) in [7, 11) is 1.54. The number of amides is 1. The van der Waals surface area contributed by atoms with Crippen LogP contribution in [0, 0.1) is 0 Å². The van der Waals surface area contributed by atoms with Crippen LogP contribution in [0.25, 0.3) is 0 Å². The summed E-state index contributed by atoms with van der Waals surface area (Å²) in [5, 5.41) is 16.4. The molecule has 3 rings (SSSR count). The summed E-state index contributed by atoms with van der Waals surface area (Å²) in [4.78, 5) is 39.5. The van der Waals surface area contributed by atoms with Crippen LogP contribution in [-0.4, -0.2) is 38.4 Å². The fraction of sp³-hybridized carbons (Fsp3) is 0.429. The molecule has 160 valence electrons. The second-order valence-electron chi connectivity index (χ2n) is 7.06. The van der Waals surface area contributed by atoms with Crippen LogP contribution >= 0.6 is 0 Å². The highest BCUT2D eigenvalue weighted by molar-refractivity contribution is 6.04. The van der Waals surface area contributed by atoms with E-state index in [1.165, 1.54) is 5.01 Å². The van der Waals surface area contributed by atoms with Gasteiger partial charge in [-0.1, -0.05) is 38.5 Å². The molecule has 2 heterocycles. The lowest BCUT2D eigenvalue weighted by atomic mass is 9.98. The van der Waals surface area contributed by atoms with Crippen LogP contribution in [0.4, 0.5) is 0 Å². The van der Waals surface area contributed by atoms with E-state index in [1.807, 2.05) is 25.1 Å². The maximum atomic E-state index is 12.6. The molecule has 30 heavy (non-hydrogen) atoms. The molecule has 0 fully saturated rings. The van der Waals surface area contributed by atoms with Gasteiger partial charge in [-0.25, -0.2) is 9.80 Å². The maximum absolute atomic E-state index is 12.6. The second kappa shape index (κ2) is 8.98. The van der Waals surface area contributed by atoms with Crippen LogP contribution in [-0.2, 0) is 11.3 Å². The quantitative estimate of drug-likeness (QED) is 0.720. The third-order valence-corrected chi connectivity index (χ3v) is 5.16. The normalized spacial score (nSPS) is 15.9. The van der Waals surface area contributed by atoms with Gasteiger partial charge in [0.15, 0.2) is 0 Å². The van der Waals surface area contributed by atoms with Crippen LogP contribution in [0.3, 0.4) is 0 Å². The third kappa shape index (κ3) is 3.87. The number of benzene rings is 1. The van der Waals surface area contributed by atoms with Gasteiger partial charge in [0.2, 0.25) is 11.8 Å². The van der Waals surface area contributed by atoms with E-state index >= 15 is 0 Å². The van der Waals surface area contributed by atoms with E-state index in [9.17, 15) is 19.5 Å². The van der Waals surface area contributed by atoms with Gasteiger partial charge in [-0.2, -0.15) is 5.10 Å². The van der Waals surface area contributed by atoms with Crippen molar-refractivity contribution in [1.82, 2.24) is 14.6 Å². The zero-order chi connectivity index (χ0) is 21.8. The first-order valence-corrected chi connectivity index (χ1v) is 10.0. The molecule has 1 aromatic carbocycles. The molecule has 9 heteroatoms. The molecule has 1 atom stereocenters. The zero-order valence-electron chi connectivity index (χ0n) is 17.3. The second-order valence-corrected chi connectivity index (χ2v) is 7.06. The lowest BCUT2D eigenvalue weighted by Gasteiger charge is -2.23. The number of H-pyrrole nitrogens is 1. The smallest absolute Gasteiger partial charge is 0.331 e. The van der Waals surface area contributed by atoms with Crippen molar-refractivity contribution in [2.24, 2.45) is 5.10 Å². The Labute approximate surface area is 173 Å². The Morgan fingerprint density at radius 2 is 2.03 bits per heavy atom. The average molecular weight is 414 g/mol. The van der Waals surface area contributed by atoms with Crippen molar-refractivity contribution < 1.29 is 14.6 Å². The van der Waals surface area contributed by atoms with Crippen LogP contribution < -0.4 is 16.0 Å². The molecule has 1 amide bonds.